The molecule has 41 heavy (non-hydrogen) atoms. The summed E-state index contributed by atoms with van der Waals surface area (Å²) in [5.74, 6) is -4.59. The first kappa shape index (κ1) is 31.3. The van der Waals surface area contributed by atoms with Crippen molar-refractivity contribution in [3.63, 3.8) is 0 Å². The number of esters is 1. The SMILES string of the molecule is CC(=O)N[C@](Cc1ccccc1)(C(=O)C(=O)OC(C)C)N1C(=O)C(C(C)C)N(C(=O)C(C)C)C=C1c1ccccc1. The molecule has 1 aliphatic heterocycles. The van der Waals surface area contributed by atoms with Crippen LogP contribution in [0.3, 0.4) is 0 Å². The lowest BCUT2D eigenvalue weighted by Gasteiger charge is -2.49. The van der Waals surface area contributed by atoms with E-state index in [1.54, 1.807) is 108 Å². The highest BCUT2D eigenvalue weighted by Gasteiger charge is 2.56. The van der Waals surface area contributed by atoms with Gasteiger partial charge >= 0.3 is 5.97 Å². The van der Waals surface area contributed by atoms with Crippen molar-refractivity contribution in [2.24, 2.45) is 11.8 Å². The zero-order chi connectivity index (χ0) is 30.5. The molecule has 3 rings (SSSR count). The second-order valence-electron chi connectivity index (χ2n) is 11.1. The van der Waals surface area contributed by atoms with E-state index in [9.17, 15) is 24.0 Å². The summed E-state index contributed by atoms with van der Waals surface area (Å²) >= 11 is 0. The Morgan fingerprint density at radius 2 is 1.46 bits per heavy atom. The van der Waals surface area contributed by atoms with Gasteiger partial charge in [-0.3, -0.25) is 24.1 Å². The van der Waals surface area contributed by atoms with Crippen molar-refractivity contribution in [2.75, 3.05) is 0 Å². The lowest BCUT2D eigenvalue weighted by atomic mass is 9.87. The van der Waals surface area contributed by atoms with Gasteiger partial charge in [-0.25, -0.2) is 4.79 Å². The Bertz CT molecular complexity index is 1320. The van der Waals surface area contributed by atoms with Gasteiger partial charge in [0.2, 0.25) is 11.8 Å². The number of carbonyl (C=O) groups is 5. The number of ether oxygens (including phenoxy) is 1. The molecule has 2 aromatic rings. The van der Waals surface area contributed by atoms with Crippen LogP contribution in [-0.2, 0) is 35.1 Å². The summed E-state index contributed by atoms with van der Waals surface area (Å²) in [5, 5.41) is 2.69. The van der Waals surface area contributed by atoms with E-state index < -0.39 is 47.3 Å². The lowest BCUT2D eigenvalue weighted by molar-refractivity contribution is -0.166. The first-order chi connectivity index (χ1) is 19.3. The monoisotopic (exact) mass is 561 g/mol. The number of carbonyl (C=O) groups excluding carboxylic acids is 5. The number of benzene rings is 2. The highest BCUT2D eigenvalue weighted by atomic mass is 16.5. The van der Waals surface area contributed by atoms with Crippen molar-refractivity contribution in [3.8, 4) is 0 Å². The van der Waals surface area contributed by atoms with Gasteiger partial charge in [-0.2, -0.15) is 0 Å². The second kappa shape index (κ2) is 12.9. The number of ketones is 1. The van der Waals surface area contributed by atoms with Crippen molar-refractivity contribution < 1.29 is 28.7 Å². The largest absolute Gasteiger partial charge is 0.457 e. The van der Waals surface area contributed by atoms with Crippen LogP contribution in [0.2, 0.25) is 0 Å². The molecule has 1 N–H and O–H groups in total. The van der Waals surface area contributed by atoms with E-state index in [1.165, 1.54) is 16.7 Å². The topological polar surface area (TPSA) is 113 Å². The molecule has 0 saturated carbocycles. The number of hydrogen-bond donors (Lipinski definition) is 1. The Balaban J connectivity index is 2.43. The standard InChI is InChI=1S/C32H39N3O6/c1-20(2)27-30(39)35(26(25-16-12-9-13-17-25)19-34(27)29(38)21(3)4)32(33-23(7)36,18-24-14-10-8-11-15-24)28(37)31(40)41-22(5)6/h8-17,19-22,27H,18H2,1-7H3,(H,33,36)/t27?,32-/m0/s1. The average Bonchev–Trinajstić information content (AvgIpc) is 2.91. The molecule has 1 aliphatic rings. The fourth-order valence-electron chi connectivity index (χ4n) is 4.99. The Morgan fingerprint density at radius 3 is 1.95 bits per heavy atom. The second-order valence-corrected chi connectivity index (χ2v) is 11.1. The van der Waals surface area contributed by atoms with Crippen LogP contribution in [-0.4, -0.2) is 57.1 Å². The molecule has 0 saturated heterocycles. The number of nitrogens with zero attached hydrogens (tertiary/aromatic N) is 2. The molecule has 0 aromatic heterocycles. The van der Waals surface area contributed by atoms with Crippen molar-refractivity contribution >= 4 is 35.2 Å². The molecule has 1 heterocycles. The van der Waals surface area contributed by atoms with Gasteiger partial charge in [-0.15, -0.1) is 0 Å². The zero-order valence-electron chi connectivity index (χ0n) is 24.7. The molecule has 218 valence electrons. The minimum Gasteiger partial charge on any atom is -0.457 e. The number of rotatable bonds is 10. The van der Waals surface area contributed by atoms with Crippen LogP contribution >= 0.6 is 0 Å². The highest BCUT2D eigenvalue weighted by molar-refractivity contribution is 6.38. The van der Waals surface area contributed by atoms with Crippen molar-refractivity contribution in [1.82, 2.24) is 15.1 Å². The molecule has 2 aromatic carbocycles. The Kier molecular flexibility index (Phi) is 9.86. The average molecular weight is 562 g/mol. The van der Waals surface area contributed by atoms with Crippen LogP contribution in [0.15, 0.2) is 66.9 Å². The van der Waals surface area contributed by atoms with Gasteiger partial charge in [0.15, 0.2) is 5.66 Å². The van der Waals surface area contributed by atoms with E-state index in [2.05, 4.69) is 5.32 Å². The molecule has 9 heteroatoms. The van der Waals surface area contributed by atoms with E-state index in [0.717, 1.165) is 0 Å². The third-order valence-electron chi connectivity index (χ3n) is 6.70. The summed E-state index contributed by atoms with van der Waals surface area (Å²) in [7, 11) is 0. The van der Waals surface area contributed by atoms with Crippen molar-refractivity contribution in [2.45, 2.75) is 72.7 Å². The van der Waals surface area contributed by atoms with Gasteiger partial charge in [-0.05, 0) is 30.9 Å². The minimum absolute atomic E-state index is 0.192. The van der Waals surface area contributed by atoms with E-state index >= 15 is 0 Å². The van der Waals surface area contributed by atoms with E-state index in [-0.39, 0.29) is 23.9 Å². The maximum Gasteiger partial charge on any atom is 0.379 e. The lowest BCUT2D eigenvalue weighted by Crippen LogP contribution is -2.72. The summed E-state index contributed by atoms with van der Waals surface area (Å²) < 4.78 is 5.31. The summed E-state index contributed by atoms with van der Waals surface area (Å²) in [6.07, 6.45) is 0.701. The fraction of sp³-hybridized carbons (Fsp3) is 0.406. The van der Waals surface area contributed by atoms with Crippen LogP contribution in [0.25, 0.3) is 5.70 Å². The molecule has 0 fully saturated rings. The normalized spacial score (nSPS) is 16.9. The molecule has 9 nitrogen and oxygen atoms in total. The summed E-state index contributed by atoms with van der Waals surface area (Å²) in [4.78, 5) is 71.1. The number of hydrogen-bond acceptors (Lipinski definition) is 6. The summed E-state index contributed by atoms with van der Waals surface area (Å²) in [5.41, 5.74) is -0.902. The number of amides is 3. The van der Waals surface area contributed by atoms with Crippen molar-refractivity contribution in [3.05, 3.63) is 78.0 Å². The van der Waals surface area contributed by atoms with Crippen LogP contribution in [0.5, 0.6) is 0 Å². The molecule has 3 amide bonds. The van der Waals surface area contributed by atoms with Gasteiger partial charge < -0.3 is 15.0 Å². The molecule has 0 bridgehead atoms. The minimum atomic E-state index is -2.20. The van der Waals surface area contributed by atoms with Crippen LogP contribution < -0.4 is 5.32 Å². The quantitative estimate of drug-likeness (QED) is 0.347. The summed E-state index contributed by atoms with van der Waals surface area (Å²) in [6, 6.07) is 16.6. The molecule has 0 aliphatic carbocycles. The van der Waals surface area contributed by atoms with Gasteiger partial charge in [0, 0.05) is 25.5 Å². The first-order valence-corrected chi connectivity index (χ1v) is 13.8. The maximum absolute atomic E-state index is 14.7. The predicted octanol–water partition coefficient (Wildman–Crippen LogP) is 3.93. The smallest absolute Gasteiger partial charge is 0.379 e. The molecular formula is C32H39N3O6. The van der Waals surface area contributed by atoms with Gasteiger partial charge in [-0.1, -0.05) is 88.4 Å². The van der Waals surface area contributed by atoms with Gasteiger partial charge in [0.05, 0.1) is 11.8 Å². The van der Waals surface area contributed by atoms with Gasteiger partial charge in [0.25, 0.3) is 11.7 Å². The van der Waals surface area contributed by atoms with E-state index in [1.807, 2.05) is 0 Å². The van der Waals surface area contributed by atoms with E-state index in [4.69, 9.17) is 4.74 Å². The number of Topliss-reactive ketones (excluding diaryl/α,β-unsaturated/α-hetero) is 1. The fourth-order valence-corrected chi connectivity index (χ4v) is 4.99. The highest BCUT2D eigenvalue weighted by Crippen LogP contribution is 2.37. The van der Waals surface area contributed by atoms with Gasteiger partial charge in [0.1, 0.15) is 6.04 Å². The zero-order valence-corrected chi connectivity index (χ0v) is 24.7. The Hall–Kier alpha value is -4.27. The van der Waals surface area contributed by atoms with Crippen LogP contribution in [0.1, 0.15) is 59.6 Å². The Labute approximate surface area is 241 Å². The molecule has 1 unspecified atom stereocenters. The van der Waals surface area contributed by atoms with Crippen LogP contribution in [0.4, 0.5) is 0 Å². The Morgan fingerprint density at radius 1 is 0.902 bits per heavy atom. The summed E-state index contributed by atoms with van der Waals surface area (Å²) in [6.45, 7) is 11.5. The molecule has 2 atom stereocenters. The number of nitrogens with one attached hydrogen (secondary N) is 1. The molecule has 0 radical (unpaired) electrons. The third-order valence-corrected chi connectivity index (χ3v) is 6.70. The third kappa shape index (κ3) is 6.73. The van der Waals surface area contributed by atoms with Crippen LogP contribution in [0, 0.1) is 11.8 Å². The molecule has 0 spiro atoms. The predicted molar refractivity (Wildman–Crippen MR) is 155 cm³/mol. The van der Waals surface area contributed by atoms with E-state index in [0.29, 0.717) is 11.1 Å². The molecular weight excluding hydrogens is 522 g/mol. The maximum atomic E-state index is 14.7. The first-order valence-electron chi connectivity index (χ1n) is 13.8. The van der Waals surface area contributed by atoms with Crippen molar-refractivity contribution in [1.29, 1.82) is 0 Å².